The zero-order chi connectivity index (χ0) is 21.3. The number of aryl methyl sites for hydroxylation is 1. The lowest BCUT2D eigenvalue weighted by molar-refractivity contribution is -0.124. The van der Waals surface area contributed by atoms with E-state index in [-0.39, 0.29) is 27.9 Å². The number of ether oxygens (including phenoxy) is 2. The summed E-state index contributed by atoms with van der Waals surface area (Å²) in [5.74, 6) is -2.32. The van der Waals surface area contributed by atoms with Crippen LogP contribution >= 0.6 is 11.3 Å². The molecule has 0 bridgehead atoms. The minimum Gasteiger partial charge on any atom is -0.452 e. The summed E-state index contributed by atoms with van der Waals surface area (Å²) in [6.45, 7) is 2.31. The zero-order valence-corrected chi connectivity index (χ0v) is 16.9. The van der Waals surface area contributed by atoms with Gasteiger partial charge in [0.15, 0.2) is 6.61 Å². The Kier molecular flexibility index (Phi) is 5.55. The number of benzene rings is 1. The number of carbonyl (C=O) groups is 4. The first kappa shape index (κ1) is 20.1. The van der Waals surface area contributed by atoms with Gasteiger partial charge in [-0.2, -0.15) is 0 Å². The summed E-state index contributed by atoms with van der Waals surface area (Å²) in [6, 6.07) is 4.05. The number of nitrogens with one attached hydrogen (secondary N) is 1. The SMILES string of the molecule is Cc1nnc(N2C(=O)c3ccc(C(=O)OCC(=O)NC[C@@H]4CCCO4)cc3C2=O)s1. The number of amides is 3. The number of nitrogens with zero attached hydrogens (tertiary/aromatic N) is 3. The van der Waals surface area contributed by atoms with E-state index in [1.54, 1.807) is 6.92 Å². The number of rotatable bonds is 6. The number of fused-ring (bicyclic) bond motifs is 1. The van der Waals surface area contributed by atoms with Crippen molar-refractivity contribution in [1.82, 2.24) is 15.5 Å². The highest BCUT2D eigenvalue weighted by atomic mass is 32.1. The minimum atomic E-state index is -0.768. The van der Waals surface area contributed by atoms with E-state index in [9.17, 15) is 19.2 Å². The highest BCUT2D eigenvalue weighted by Gasteiger charge is 2.39. The van der Waals surface area contributed by atoms with Crippen LogP contribution in [0.5, 0.6) is 0 Å². The van der Waals surface area contributed by atoms with Crippen LogP contribution in [0.25, 0.3) is 0 Å². The Balaban J connectivity index is 1.39. The molecule has 2 aliphatic heterocycles. The fraction of sp³-hybridized carbons (Fsp3) is 0.368. The number of hydrogen-bond donors (Lipinski definition) is 1. The molecule has 0 radical (unpaired) electrons. The highest BCUT2D eigenvalue weighted by molar-refractivity contribution is 7.15. The minimum absolute atomic E-state index is 0.00956. The summed E-state index contributed by atoms with van der Waals surface area (Å²) >= 11 is 1.12. The first-order valence-corrected chi connectivity index (χ1v) is 10.1. The first-order valence-electron chi connectivity index (χ1n) is 9.32. The van der Waals surface area contributed by atoms with Gasteiger partial charge in [-0.1, -0.05) is 11.3 Å². The van der Waals surface area contributed by atoms with Crippen molar-refractivity contribution < 1.29 is 28.7 Å². The van der Waals surface area contributed by atoms with Gasteiger partial charge in [-0.05, 0) is 38.0 Å². The Morgan fingerprint density at radius 2 is 2.07 bits per heavy atom. The Hall–Kier alpha value is -3.18. The molecule has 10 nitrogen and oxygen atoms in total. The topological polar surface area (TPSA) is 128 Å². The number of esters is 1. The third kappa shape index (κ3) is 3.94. The average Bonchev–Trinajstić information content (AvgIpc) is 3.46. The molecule has 1 atom stereocenters. The molecular formula is C19H18N4O6S. The quantitative estimate of drug-likeness (QED) is 0.533. The van der Waals surface area contributed by atoms with Gasteiger partial charge in [0.2, 0.25) is 5.13 Å². The lowest BCUT2D eigenvalue weighted by atomic mass is 10.1. The Morgan fingerprint density at radius 3 is 2.77 bits per heavy atom. The normalized spacial score (nSPS) is 17.9. The third-order valence-corrected chi connectivity index (χ3v) is 5.54. The second-order valence-electron chi connectivity index (χ2n) is 6.82. The number of carbonyl (C=O) groups excluding carboxylic acids is 4. The maximum atomic E-state index is 12.7. The molecule has 1 aromatic heterocycles. The van der Waals surface area contributed by atoms with Crippen LogP contribution in [0.2, 0.25) is 0 Å². The van der Waals surface area contributed by atoms with Crippen LogP contribution in [-0.4, -0.2) is 59.8 Å². The second kappa shape index (κ2) is 8.28. The van der Waals surface area contributed by atoms with Crippen molar-refractivity contribution in [1.29, 1.82) is 0 Å². The molecule has 0 unspecified atom stereocenters. The third-order valence-electron chi connectivity index (χ3n) is 4.71. The summed E-state index contributed by atoms with van der Waals surface area (Å²) < 4.78 is 10.4. The van der Waals surface area contributed by atoms with E-state index in [1.165, 1.54) is 18.2 Å². The van der Waals surface area contributed by atoms with E-state index in [4.69, 9.17) is 9.47 Å². The van der Waals surface area contributed by atoms with E-state index in [2.05, 4.69) is 15.5 Å². The Labute approximate surface area is 175 Å². The molecule has 3 amide bonds. The molecule has 1 aromatic carbocycles. The molecule has 3 heterocycles. The summed E-state index contributed by atoms with van der Waals surface area (Å²) in [7, 11) is 0. The lowest BCUT2D eigenvalue weighted by Gasteiger charge is -2.11. The molecule has 1 saturated heterocycles. The van der Waals surface area contributed by atoms with Gasteiger partial charge in [-0.3, -0.25) is 14.4 Å². The molecule has 1 N–H and O–H groups in total. The van der Waals surface area contributed by atoms with Crippen molar-refractivity contribution in [2.75, 3.05) is 24.7 Å². The summed E-state index contributed by atoms with van der Waals surface area (Å²) in [4.78, 5) is 50.3. The molecule has 0 aliphatic carbocycles. The van der Waals surface area contributed by atoms with Gasteiger partial charge in [0.05, 0.1) is 22.8 Å². The molecule has 1 fully saturated rings. The van der Waals surface area contributed by atoms with E-state index < -0.39 is 30.3 Å². The molecule has 156 valence electrons. The molecule has 0 saturated carbocycles. The van der Waals surface area contributed by atoms with Crippen LogP contribution < -0.4 is 10.2 Å². The van der Waals surface area contributed by atoms with Crippen molar-refractivity contribution in [2.45, 2.75) is 25.9 Å². The van der Waals surface area contributed by atoms with Crippen LogP contribution in [0.15, 0.2) is 18.2 Å². The van der Waals surface area contributed by atoms with Crippen LogP contribution in [0, 0.1) is 6.92 Å². The molecule has 0 spiro atoms. The van der Waals surface area contributed by atoms with E-state index in [1.807, 2.05) is 0 Å². The van der Waals surface area contributed by atoms with Gasteiger partial charge in [0.1, 0.15) is 5.01 Å². The van der Waals surface area contributed by atoms with E-state index in [0.717, 1.165) is 29.1 Å². The number of anilines is 1. The van der Waals surface area contributed by atoms with Gasteiger partial charge in [-0.25, -0.2) is 9.69 Å². The summed E-state index contributed by atoms with van der Waals surface area (Å²) in [5.41, 5.74) is 0.306. The van der Waals surface area contributed by atoms with Crippen molar-refractivity contribution in [3.8, 4) is 0 Å². The predicted octanol–water partition coefficient (Wildman–Crippen LogP) is 1.10. The standard InChI is InChI=1S/C19H18N4O6S/c1-10-21-22-19(30-10)23-16(25)13-5-4-11(7-14(13)17(23)26)18(27)29-9-15(24)20-8-12-3-2-6-28-12/h4-5,7,12H,2-3,6,8-9H2,1H3,(H,20,24)/t12-/m0/s1. The maximum Gasteiger partial charge on any atom is 0.338 e. The fourth-order valence-electron chi connectivity index (χ4n) is 3.22. The lowest BCUT2D eigenvalue weighted by Crippen LogP contribution is -2.34. The monoisotopic (exact) mass is 430 g/mol. The van der Waals surface area contributed by atoms with Gasteiger partial charge >= 0.3 is 5.97 Å². The van der Waals surface area contributed by atoms with Crippen molar-refractivity contribution in [3.05, 3.63) is 39.9 Å². The van der Waals surface area contributed by atoms with Crippen LogP contribution in [0.1, 0.15) is 48.9 Å². The van der Waals surface area contributed by atoms with E-state index in [0.29, 0.717) is 18.2 Å². The van der Waals surface area contributed by atoms with Crippen LogP contribution in [-0.2, 0) is 14.3 Å². The number of hydrogen-bond acceptors (Lipinski definition) is 9. The fourth-order valence-corrected chi connectivity index (χ4v) is 3.90. The summed E-state index contributed by atoms with van der Waals surface area (Å²) in [6.07, 6.45) is 1.84. The van der Waals surface area contributed by atoms with E-state index >= 15 is 0 Å². The molecule has 2 aromatic rings. The number of aromatic nitrogens is 2. The molecule has 11 heteroatoms. The van der Waals surface area contributed by atoms with Gasteiger partial charge in [0, 0.05) is 13.2 Å². The maximum absolute atomic E-state index is 12.7. The first-order chi connectivity index (χ1) is 14.4. The average molecular weight is 430 g/mol. The van der Waals surface area contributed by atoms with Gasteiger partial charge in [-0.15, -0.1) is 10.2 Å². The summed E-state index contributed by atoms with van der Waals surface area (Å²) in [5, 5.41) is 11.1. The van der Waals surface area contributed by atoms with Crippen LogP contribution in [0.4, 0.5) is 5.13 Å². The van der Waals surface area contributed by atoms with Gasteiger partial charge in [0.25, 0.3) is 17.7 Å². The zero-order valence-electron chi connectivity index (χ0n) is 16.0. The Bertz CT molecular complexity index is 1030. The van der Waals surface area contributed by atoms with Crippen molar-refractivity contribution in [2.24, 2.45) is 0 Å². The Morgan fingerprint density at radius 1 is 1.27 bits per heavy atom. The molecule has 30 heavy (non-hydrogen) atoms. The molecule has 2 aliphatic rings. The second-order valence-corrected chi connectivity index (χ2v) is 7.99. The predicted molar refractivity (Wildman–Crippen MR) is 104 cm³/mol. The molecular weight excluding hydrogens is 412 g/mol. The smallest absolute Gasteiger partial charge is 0.338 e. The van der Waals surface area contributed by atoms with Crippen molar-refractivity contribution in [3.63, 3.8) is 0 Å². The number of imide groups is 1. The van der Waals surface area contributed by atoms with Crippen molar-refractivity contribution >= 4 is 40.2 Å². The molecule has 4 rings (SSSR count). The highest BCUT2D eigenvalue weighted by Crippen LogP contribution is 2.30. The van der Waals surface area contributed by atoms with Crippen LogP contribution in [0.3, 0.4) is 0 Å². The largest absolute Gasteiger partial charge is 0.452 e. The van der Waals surface area contributed by atoms with Gasteiger partial charge < -0.3 is 14.8 Å².